The summed E-state index contributed by atoms with van der Waals surface area (Å²) >= 11 is 0. The Morgan fingerprint density at radius 1 is 0.733 bits per heavy atom. The number of nitrogens with zero attached hydrogens (tertiary/aromatic N) is 8. The highest BCUT2D eigenvalue weighted by atomic mass is 15.5. The number of hydrogen-bond acceptors (Lipinski definition) is 6. The van der Waals surface area contributed by atoms with Gasteiger partial charge in [-0.15, -0.1) is 10.2 Å². The lowest BCUT2D eigenvalue weighted by Gasteiger charge is -2.00. The molecule has 2 aromatic heterocycles. The summed E-state index contributed by atoms with van der Waals surface area (Å²) in [5, 5.41) is 21.8. The van der Waals surface area contributed by atoms with Crippen molar-refractivity contribution < 1.29 is 0 Å². The summed E-state index contributed by atoms with van der Waals surface area (Å²) in [5.74, 6) is 0. The highest BCUT2D eigenvalue weighted by Gasteiger charge is 1.95. The van der Waals surface area contributed by atoms with Gasteiger partial charge >= 0.3 is 0 Å². The molecule has 0 saturated heterocycles. The largest absolute Gasteiger partial charge is 0.233 e. The Morgan fingerprint density at radius 2 is 1.27 bits per heavy atom. The number of aryl methyl sites for hydroxylation is 2. The summed E-state index contributed by atoms with van der Waals surface area (Å²) in [6.07, 6.45) is 6.49. The molecule has 0 atom stereocenters. The van der Waals surface area contributed by atoms with Gasteiger partial charge in [-0.3, -0.25) is 0 Å². The van der Waals surface area contributed by atoms with Gasteiger partial charge in [0.1, 0.15) is 12.7 Å². The van der Waals surface area contributed by atoms with E-state index in [0.29, 0.717) is 0 Å². The summed E-state index contributed by atoms with van der Waals surface area (Å²) < 4.78 is 3.47. The van der Waals surface area contributed by atoms with Crippen LogP contribution in [-0.4, -0.2) is 40.4 Å². The molecule has 0 aliphatic heterocycles. The van der Waals surface area contributed by atoms with Gasteiger partial charge in [0.15, 0.2) is 0 Å². The molecule has 15 heavy (non-hydrogen) atoms. The summed E-state index contributed by atoms with van der Waals surface area (Å²) in [6, 6.07) is 0. The van der Waals surface area contributed by atoms with Crippen LogP contribution in [0.3, 0.4) is 0 Å². The maximum Gasteiger partial charge on any atom is 0.138 e. The molecule has 0 fully saturated rings. The van der Waals surface area contributed by atoms with Crippen LogP contribution in [0.25, 0.3) is 0 Å². The maximum absolute atomic E-state index is 3.78. The van der Waals surface area contributed by atoms with Gasteiger partial charge in [0.05, 0.1) is 0 Å². The molecule has 0 spiro atoms. The van der Waals surface area contributed by atoms with E-state index in [-0.39, 0.29) is 0 Å². The Morgan fingerprint density at radius 3 is 1.67 bits per heavy atom. The van der Waals surface area contributed by atoms with E-state index in [0.717, 1.165) is 32.4 Å². The normalized spacial score (nSPS) is 10.7. The van der Waals surface area contributed by atoms with E-state index in [1.165, 1.54) is 0 Å². The maximum atomic E-state index is 3.78. The highest BCUT2D eigenvalue weighted by Crippen LogP contribution is 1.99. The first-order valence-corrected chi connectivity index (χ1v) is 4.87. The lowest BCUT2D eigenvalue weighted by Crippen LogP contribution is -2.01. The van der Waals surface area contributed by atoms with Gasteiger partial charge in [0.25, 0.3) is 0 Å². The minimum Gasteiger partial charge on any atom is -0.233 e. The third-order valence-corrected chi connectivity index (χ3v) is 2.06. The molecule has 0 radical (unpaired) electrons. The Bertz CT molecular complexity index is 316. The predicted molar refractivity (Wildman–Crippen MR) is 49.5 cm³/mol. The summed E-state index contributed by atoms with van der Waals surface area (Å²) in [7, 11) is 0. The zero-order valence-electron chi connectivity index (χ0n) is 8.27. The number of hydrogen-bond donors (Lipinski definition) is 0. The second kappa shape index (κ2) is 5.13. The molecule has 2 aromatic rings. The number of tetrazole rings is 2. The van der Waals surface area contributed by atoms with E-state index in [4.69, 9.17) is 0 Å². The van der Waals surface area contributed by atoms with Gasteiger partial charge in [-0.1, -0.05) is 0 Å². The lowest BCUT2D eigenvalue weighted by molar-refractivity contribution is 0.489. The molecule has 0 saturated carbocycles. The lowest BCUT2D eigenvalue weighted by atomic mass is 10.2. The van der Waals surface area contributed by atoms with Crippen molar-refractivity contribution in [3.05, 3.63) is 12.7 Å². The van der Waals surface area contributed by atoms with Crippen molar-refractivity contribution >= 4 is 0 Å². The minimum atomic E-state index is 0.864. The van der Waals surface area contributed by atoms with E-state index in [1.807, 2.05) is 0 Å². The smallest absolute Gasteiger partial charge is 0.138 e. The van der Waals surface area contributed by atoms with Gasteiger partial charge in [-0.2, -0.15) is 0 Å². The third-order valence-electron chi connectivity index (χ3n) is 2.06. The van der Waals surface area contributed by atoms with Gasteiger partial charge in [-0.25, -0.2) is 9.36 Å². The van der Waals surface area contributed by atoms with Crippen LogP contribution in [0.2, 0.25) is 0 Å². The van der Waals surface area contributed by atoms with Crippen LogP contribution in [0, 0.1) is 0 Å². The van der Waals surface area contributed by atoms with Gasteiger partial charge in [-0.05, 0) is 40.1 Å². The van der Waals surface area contributed by atoms with Crippen LogP contribution < -0.4 is 0 Å². The number of aromatic nitrogens is 8. The van der Waals surface area contributed by atoms with Crippen LogP contribution in [0.5, 0.6) is 0 Å². The van der Waals surface area contributed by atoms with Crippen molar-refractivity contribution in [1.29, 1.82) is 0 Å². The van der Waals surface area contributed by atoms with Crippen LogP contribution in [0.4, 0.5) is 0 Å². The van der Waals surface area contributed by atoms with Crippen molar-refractivity contribution in [2.45, 2.75) is 32.4 Å². The first-order valence-electron chi connectivity index (χ1n) is 4.87. The molecular weight excluding hydrogens is 196 g/mol. The van der Waals surface area contributed by atoms with Crippen molar-refractivity contribution in [3.63, 3.8) is 0 Å². The predicted octanol–water partition coefficient (Wildman–Crippen LogP) is -0.470. The standard InChI is InChI=1S/C7H12N8/c1(2-4-14-6-8-10-12-14)3-5-15-7-9-11-13-15/h6-7H,1-5H2. The average Bonchev–Trinajstić information content (AvgIpc) is 2.88. The summed E-state index contributed by atoms with van der Waals surface area (Å²) in [6.45, 7) is 1.73. The van der Waals surface area contributed by atoms with E-state index in [1.54, 1.807) is 22.0 Å². The SMILES string of the molecule is c1nnnn1CCCCCn1cnnn1. The van der Waals surface area contributed by atoms with E-state index in [9.17, 15) is 0 Å². The van der Waals surface area contributed by atoms with Crippen LogP contribution >= 0.6 is 0 Å². The summed E-state index contributed by atoms with van der Waals surface area (Å²) in [5.41, 5.74) is 0. The van der Waals surface area contributed by atoms with Gasteiger partial charge in [0, 0.05) is 13.1 Å². The molecule has 0 aliphatic carbocycles. The second-order valence-electron chi connectivity index (χ2n) is 3.21. The van der Waals surface area contributed by atoms with Crippen LogP contribution in [-0.2, 0) is 13.1 Å². The first kappa shape index (κ1) is 9.69. The topological polar surface area (TPSA) is 87.2 Å². The first-order chi connectivity index (χ1) is 7.45. The quantitative estimate of drug-likeness (QED) is 0.596. The zero-order valence-corrected chi connectivity index (χ0v) is 8.27. The molecule has 0 aliphatic rings. The molecule has 0 amide bonds. The fourth-order valence-electron chi connectivity index (χ4n) is 1.29. The molecule has 0 bridgehead atoms. The fraction of sp³-hybridized carbons (Fsp3) is 0.714. The Hall–Kier alpha value is -1.86. The number of rotatable bonds is 6. The molecule has 2 rings (SSSR count). The van der Waals surface area contributed by atoms with Crippen molar-refractivity contribution in [3.8, 4) is 0 Å². The molecule has 0 unspecified atom stereocenters. The van der Waals surface area contributed by atoms with Crippen molar-refractivity contribution in [1.82, 2.24) is 40.4 Å². The molecule has 8 heteroatoms. The summed E-state index contributed by atoms with van der Waals surface area (Å²) in [4.78, 5) is 0. The molecule has 0 N–H and O–H groups in total. The fourth-order valence-corrected chi connectivity index (χ4v) is 1.29. The number of unbranched alkanes of at least 4 members (excludes halogenated alkanes) is 2. The Kier molecular flexibility index (Phi) is 3.31. The minimum absolute atomic E-state index is 0.864. The van der Waals surface area contributed by atoms with Gasteiger partial charge in [0.2, 0.25) is 0 Å². The molecule has 2 heterocycles. The Labute approximate surface area is 86.3 Å². The van der Waals surface area contributed by atoms with E-state index >= 15 is 0 Å². The van der Waals surface area contributed by atoms with E-state index in [2.05, 4.69) is 31.1 Å². The van der Waals surface area contributed by atoms with Crippen LogP contribution in [0.1, 0.15) is 19.3 Å². The van der Waals surface area contributed by atoms with Crippen LogP contribution in [0.15, 0.2) is 12.7 Å². The average molecular weight is 208 g/mol. The monoisotopic (exact) mass is 208 g/mol. The molecule has 0 aromatic carbocycles. The third kappa shape index (κ3) is 3.08. The van der Waals surface area contributed by atoms with Gasteiger partial charge < -0.3 is 0 Å². The second-order valence-corrected chi connectivity index (χ2v) is 3.21. The molecule has 80 valence electrons. The van der Waals surface area contributed by atoms with E-state index < -0.39 is 0 Å². The Balaban J connectivity index is 1.56. The molecule has 8 nitrogen and oxygen atoms in total. The zero-order chi connectivity index (χ0) is 10.3. The van der Waals surface area contributed by atoms with Crippen molar-refractivity contribution in [2.75, 3.05) is 0 Å². The highest BCUT2D eigenvalue weighted by molar-refractivity contribution is 4.50. The van der Waals surface area contributed by atoms with Crippen molar-refractivity contribution in [2.24, 2.45) is 0 Å². The molecular formula is C7H12N8.